The Morgan fingerprint density at radius 2 is 2.22 bits per heavy atom. The minimum atomic E-state index is -0.456. The SMILES string of the molecule is COc1ccc(C(=O)CN(C)CC(C)O)cc1Cl. The van der Waals surface area contributed by atoms with Gasteiger partial charge in [0.05, 0.1) is 24.8 Å². The average Bonchev–Trinajstić information content (AvgIpc) is 2.27. The fourth-order valence-corrected chi connectivity index (χ4v) is 1.95. The lowest BCUT2D eigenvalue weighted by molar-refractivity contribution is 0.0901. The number of rotatable bonds is 6. The molecule has 0 amide bonds. The number of carbonyl (C=O) groups is 1. The quantitative estimate of drug-likeness (QED) is 0.802. The summed E-state index contributed by atoms with van der Waals surface area (Å²) >= 11 is 5.96. The molecule has 1 N–H and O–H groups in total. The van der Waals surface area contributed by atoms with Crippen molar-refractivity contribution in [2.75, 3.05) is 27.2 Å². The van der Waals surface area contributed by atoms with E-state index in [1.807, 2.05) is 0 Å². The van der Waals surface area contributed by atoms with Crippen molar-refractivity contribution >= 4 is 17.4 Å². The van der Waals surface area contributed by atoms with Crippen molar-refractivity contribution in [3.05, 3.63) is 28.8 Å². The molecular weight excluding hydrogens is 254 g/mol. The molecule has 0 aromatic heterocycles. The highest BCUT2D eigenvalue weighted by atomic mass is 35.5. The van der Waals surface area contributed by atoms with Gasteiger partial charge in [-0.15, -0.1) is 0 Å². The van der Waals surface area contributed by atoms with Crippen LogP contribution in [0.5, 0.6) is 5.75 Å². The summed E-state index contributed by atoms with van der Waals surface area (Å²) in [6.07, 6.45) is -0.456. The molecule has 1 atom stereocenters. The zero-order chi connectivity index (χ0) is 13.7. The molecule has 1 unspecified atom stereocenters. The number of nitrogens with zero attached hydrogens (tertiary/aromatic N) is 1. The maximum atomic E-state index is 12.0. The fourth-order valence-electron chi connectivity index (χ4n) is 1.69. The predicted octanol–water partition coefficient (Wildman–Crippen LogP) is 1.84. The Kier molecular flexibility index (Phi) is 5.59. The van der Waals surface area contributed by atoms with E-state index in [1.54, 1.807) is 37.1 Å². The highest BCUT2D eigenvalue weighted by molar-refractivity contribution is 6.32. The summed E-state index contributed by atoms with van der Waals surface area (Å²) in [5.41, 5.74) is 0.540. The van der Waals surface area contributed by atoms with E-state index < -0.39 is 6.10 Å². The van der Waals surface area contributed by atoms with E-state index in [0.29, 0.717) is 22.9 Å². The number of benzene rings is 1. The molecule has 0 fully saturated rings. The molecule has 0 heterocycles. The number of likely N-dealkylation sites (N-methyl/N-ethyl adjacent to an activating group) is 1. The van der Waals surface area contributed by atoms with Crippen LogP contribution < -0.4 is 4.74 Å². The van der Waals surface area contributed by atoms with Crippen LogP contribution in [0.2, 0.25) is 5.02 Å². The lowest BCUT2D eigenvalue weighted by Gasteiger charge is -2.17. The molecule has 0 spiro atoms. The van der Waals surface area contributed by atoms with Gasteiger partial charge in [0.15, 0.2) is 5.78 Å². The van der Waals surface area contributed by atoms with E-state index in [0.717, 1.165) is 0 Å². The predicted molar refractivity (Wildman–Crippen MR) is 71.5 cm³/mol. The molecule has 100 valence electrons. The molecule has 0 radical (unpaired) electrons. The van der Waals surface area contributed by atoms with Gasteiger partial charge in [0.25, 0.3) is 0 Å². The van der Waals surface area contributed by atoms with Crippen LogP contribution in [0.1, 0.15) is 17.3 Å². The van der Waals surface area contributed by atoms with Crippen LogP contribution in [0.15, 0.2) is 18.2 Å². The molecular formula is C13H18ClNO3. The van der Waals surface area contributed by atoms with Gasteiger partial charge in [0, 0.05) is 12.1 Å². The normalized spacial score (nSPS) is 12.6. The minimum absolute atomic E-state index is 0.0392. The second-order valence-corrected chi connectivity index (χ2v) is 4.73. The Hall–Kier alpha value is -1.10. The van der Waals surface area contributed by atoms with Crippen LogP contribution in [0.3, 0.4) is 0 Å². The molecule has 1 rings (SSSR count). The van der Waals surface area contributed by atoms with Gasteiger partial charge >= 0.3 is 0 Å². The van der Waals surface area contributed by atoms with Gasteiger partial charge in [-0.05, 0) is 32.2 Å². The number of aliphatic hydroxyl groups excluding tert-OH is 1. The van der Waals surface area contributed by atoms with Gasteiger partial charge in [0.1, 0.15) is 5.75 Å². The van der Waals surface area contributed by atoms with Gasteiger partial charge in [-0.1, -0.05) is 11.6 Å². The number of hydrogen-bond acceptors (Lipinski definition) is 4. The molecule has 0 saturated heterocycles. The Morgan fingerprint density at radius 1 is 1.56 bits per heavy atom. The first kappa shape index (κ1) is 15.0. The van der Waals surface area contributed by atoms with Crippen molar-refractivity contribution in [1.29, 1.82) is 0 Å². The molecule has 4 nitrogen and oxygen atoms in total. The summed E-state index contributed by atoms with van der Waals surface area (Å²) in [5.74, 6) is 0.508. The molecule has 0 aliphatic rings. The van der Waals surface area contributed by atoms with Crippen LogP contribution >= 0.6 is 11.6 Å². The van der Waals surface area contributed by atoms with Gasteiger partial charge in [-0.25, -0.2) is 0 Å². The van der Waals surface area contributed by atoms with Crippen molar-refractivity contribution in [3.63, 3.8) is 0 Å². The molecule has 0 bridgehead atoms. The van der Waals surface area contributed by atoms with Crippen LogP contribution in [-0.4, -0.2) is 49.1 Å². The average molecular weight is 272 g/mol. The second-order valence-electron chi connectivity index (χ2n) is 4.32. The van der Waals surface area contributed by atoms with E-state index in [1.165, 1.54) is 7.11 Å². The molecule has 0 saturated carbocycles. The van der Waals surface area contributed by atoms with Crippen molar-refractivity contribution in [1.82, 2.24) is 4.90 Å². The fraction of sp³-hybridized carbons (Fsp3) is 0.462. The van der Waals surface area contributed by atoms with Gasteiger partial charge in [-0.2, -0.15) is 0 Å². The Bertz CT molecular complexity index is 421. The summed E-state index contributed by atoms with van der Waals surface area (Å²) < 4.78 is 5.03. The monoisotopic (exact) mass is 271 g/mol. The Morgan fingerprint density at radius 3 is 2.72 bits per heavy atom. The minimum Gasteiger partial charge on any atom is -0.495 e. The van der Waals surface area contributed by atoms with E-state index in [2.05, 4.69) is 0 Å². The molecule has 1 aromatic rings. The number of halogens is 1. The number of Topliss-reactive ketones (excluding diaryl/α,β-unsaturated/α-hetero) is 1. The zero-order valence-corrected chi connectivity index (χ0v) is 11.6. The van der Waals surface area contributed by atoms with Crippen LogP contribution in [0.4, 0.5) is 0 Å². The molecule has 5 heteroatoms. The van der Waals surface area contributed by atoms with E-state index in [-0.39, 0.29) is 12.3 Å². The van der Waals surface area contributed by atoms with Crippen molar-refractivity contribution < 1.29 is 14.6 Å². The molecule has 0 aliphatic heterocycles. The van der Waals surface area contributed by atoms with E-state index in [9.17, 15) is 9.90 Å². The number of ketones is 1. The summed E-state index contributed by atoms with van der Waals surface area (Å²) in [7, 11) is 3.31. The summed E-state index contributed by atoms with van der Waals surface area (Å²) in [6, 6.07) is 4.95. The van der Waals surface area contributed by atoms with Crippen LogP contribution in [0.25, 0.3) is 0 Å². The topological polar surface area (TPSA) is 49.8 Å². The maximum Gasteiger partial charge on any atom is 0.176 e. The van der Waals surface area contributed by atoms with Gasteiger partial charge in [-0.3, -0.25) is 9.69 Å². The first-order valence-electron chi connectivity index (χ1n) is 5.67. The van der Waals surface area contributed by atoms with E-state index in [4.69, 9.17) is 16.3 Å². The second kappa shape index (κ2) is 6.73. The Labute approximate surface area is 112 Å². The Balaban J connectivity index is 2.70. The standard InChI is InChI=1S/C13H18ClNO3/c1-9(16)7-15(2)8-12(17)10-4-5-13(18-3)11(14)6-10/h4-6,9,16H,7-8H2,1-3H3. The number of aliphatic hydroxyl groups is 1. The smallest absolute Gasteiger partial charge is 0.176 e. The first-order chi connectivity index (χ1) is 8.43. The maximum absolute atomic E-state index is 12.0. The third-order valence-electron chi connectivity index (χ3n) is 2.46. The van der Waals surface area contributed by atoms with Crippen molar-refractivity contribution in [2.45, 2.75) is 13.0 Å². The summed E-state index contributed by atoms with van der Waals surface area (Å²) in [4.78, 5) is 13.7. The third kappa shape index (κ3) is 4.29. The van der Waals surface area contributed by atoms with Gasteiger partial charge < -0.3 is 9.84 Å². The van der Waals surface area contributed by atoms with Crippen molar-refractivity contribution in [2.24, 2.45) is 0 Å². The highest BCUT2D eigenvalue weighted by Gasteiger charge is 2.12. The molecule has 1 aromatic carbocycles. The highest BCUT2D eigenvalue weighted by Crippen LogP contribution is 2.25. The number of hydrogen-bond donors (Lipinski definition) is 1. The summed E-state index contributed by atoms with van der Waals surface area (Å²) in [5, 5.41) is 9.65. The van der Waals surface area contributed by atoms with Gasteiger partial charge in [0.2, 0.25) is 0 Å². The summed E-state index contributed by atoms with van der Waals surface area (Å²) in [6.45, 7) is 2.38. The van der Waals surface area contributed by atoms with Crippen LogP contribution in [-0.2, 0) is 0 Å². The molecule has 18 heavy (non-hydrogen) atoms. The lowest BCUT2D eigenvalue weighted by atomic mass is 10.1. The number of methoxy groups -OCH3 is 1. The number of carbonyl (C=O) groups excluding carboxylic acids is 1. The third-order valence-corrected chi connectivity index (χ3v) is 2.76. The van der Waals surface area contributed by atoms with Crippen molar-refractivity contribution in [3.8, 4) is 5.75 Å². The number of ether oxygens (including phenoxy) is 1. The van der Waals surface area contributed by atoms with Crippen LogP contribution in [0, 0.1) is 0 Å². The first-order valence-corrected chi connectivity index (χ1v) is 6.05. The molecule has 0 aliphatic carbocycles. The lowest BCUT2D eigenvalue weighted by Crippen LogP contribution is -2.32. The van der Waals surface area contributed by atoms with E-state index >= 15 is 0 Å². The largest absolute Gasteiger partial charge is 0.495 e. The zero-order valence-electron chi connectivity index (χ0n) is 10.8.